The van der Waals surface area contributed by atoms with Crippen molar-refractivity contribution in [1.29, 1.82) is 0 Å². The summed E-state index contributed by atoms with van der Waals surface area (Å²) in [5.41, 5.74) is 1.56. The fourth-order valence-corrected chi connectivity index (χ4v) is 4.08. The van der Waals surface area contributed by atoms with Crippen LogP contribution in [0.3, 0.4) is 0 Å². The van der Waals surface area contributed by atoms with E-state index < -0.39 is 0 Å². The molecular formula is C15H15N3O2S. The van der Waals surface area contributed by atoms with Crippen molar-refractivity contribution in [3.63, 3.8) is 0 Å². The number of carbonyl (C=O) groups is 2. The minimum Gasteiger partial charge on any atom is -0.357 e. The number of H-pyrrole nitrogens is 1. The van der Waals surface area contributed by atoms with Gasteiger partial charge in [0.05, 0.1) is 17.8 Å². The molecule has 0 aliphatic carbocycles. The number of amides is 2. The monoisotopic (exact) mass is 301 g/mol. The third kappa shape index (κ3) is 1.90. The molecule has 0 bridgehead atoms. The number of hydrogen-bond donors (Lipinski definition) is 1. The van der Waals surface area contributed by atoms with Gasteiger partial charge < -0.3 is 14.8 Å². The van der Waals surface area contributed by atoms with Gasteiger partial charge >= 0.3 is 0 Å². The van der Waals surface area contributed by atoms with E-state index in [9.17, 15) is 9.59 Å². The van der Waals surface area contributed by atoms with Crippen molar-refractivity contribution in [1.82, 2.24) is 9.88 Å². The van der Waals surface area contributed by atoms with Gasteiger partial charge in [0.2, 0.25) is 5.91 Å². The highest BCUT2D eigenvalue weighted by Crippen LogP contribution is 2.37. The van der Waals surface area contributed by atoms with Crippen molar-refractivity contribution < 1.29 is 9.59 Å². The Bertz CT molecular complexity index is 665. The summed E-state index contributed by atoms with van der Waals surface area (Å²) in [6, 6.07) is 5.68. The summed E-state index contributed by atoms with van der Waals surface area (Å²) >= 11 is 1.59. The second kappa shape index (κ2) is 4.73. The van der Waals surface area contributed by atoms with Crippen molar-refractivity contribution in [2.24, 2.45) is 0 Å². The van der Waals surface area contributed by atoms with Gasteiger partial charge in [0.1, 0.15) is 5.69 Å². The number of aromatic amines is 1. The van der Waals surface area contributed by atoms with Crippen LogP contribution < -0.4 is 4.90 Å². The first-order valence-corrected chi connectivity index (χ1v) is 7.98. The molecule has 0 unspecified atom stereocenters. The van der Waals surface area contributed by atoms with E-state index in [4.69, 9.17) is 0 Å². The number of fused-ring (bicyclic) bond motifs is 1. The average Bonchev–Trinajstić information content (AvgIpc) is 3.23. The predicted molar refractivity (Wildman–Crippen MR) is 80.4 cm³/mol. The molecule has 1 N–H and O–H groups in total. The van der Waals surface area contributed by atoms with Crippen LogP contribution in [0.5, 0.6) is 0 Å². The van der Waals surface area contributed by atoms with Gasteiger partial charge in [0.25, 0.3) is 5.91 Å². The predicted octanol–water partition coefficient (Wildman–Crippen LogP) is 2.10. The molecule has 2 fully saturated rings. The number of rotatable bonds is 2. The van der Waals surface area contributed by atoms with Crippen LogP contribution in [0.15, 0.2) is 35.2 Å². The number of aromatic nitrogens is 1. The first-order chi connectivity index (χ1) is 10.3. The second-order valence-corrected chi connectivity index (χ2v) is 6.24. The maximum absolute atomic E-state index is 12.5. The lowest BCUT2D eigenvalue weighted by molar-refractivity contribution is -0.117. The van der Waals surface area contributed by atoms with Crippen molar-refractivity contribution in [2.75, 3.05) is 11.4 Å². The van der Waals surface area contributed by atoms with E-state index in [1.165, 1.54) is 0 Å². The Hall–Kier alpha value is -2.08. The van der Waals surface area contributed by atoms with Gasteiger partial charge in [0.15, 0.2) is 0 Å². The van der Waals surface area contributed by atoms with E-state index >= 15 is 0 Å². The van der Waals surface area contributed by atoms with Crippen LogP contribution >= 0.6 is 11.3 Å². The molecule has 4 rings (SSSR count). The molecule has 2 saturated heterocycles. The summed E-state index contributed by atoms with van der Waals surface area (Å²) in [7, 11) is 0. The molecule has 2 aromatic rings. The van der Waals surface area contributed by atoms with E-state index in [1.54, 1.807) is 23.6 Å². The van der Waals surface area contributed by atoms with Gasteiger partial charge in [-0.25, -0.2) is 0 Å². The number of thiophene rings is 1. The molecule has 21 heavy (non-hydrogen) atoms. The normalized spacial score (nSPS) is 24.7. The minimum absolute atomic E-state index is 0.00630. The molecule has 5 nitrogen and oxygen atoms in total. The first-order valence-electron chi connectivity index (χ1n) is 7.04. The Morgan fingerprint density at radius 1 is 1.33 bits per heavy atom. The number of nitrogens with one attached hydrogen (secondary N) is 1. The van der Waals surface area contributed by atoms with Crippen LogP contribution in [-0.4, -0.2) is 40.3 Å². The maximum Gasteiger partial charge on any atom is 0.270 e. The zero-order valence-corrected chi connectivity index (χ0v) is 12.2. The molecule has 108 valence electrons. The molecule has 2 aliphatic heterocycles. The molecule has 2 aliphatic rings. The van der Waals surface area contributed by atoms with Crippen molar-refractivity contribution >= 4 is 28.8 Å². The lowest BCUT2D eigenvalue weighted by atomic mass is 10.1. The maximum atomic E-state index is 12.5. The molecule has 0 spiro atoms. The van der Waals surface area contributed by atoms with Gasteiger partial charge in [-0.3, -0.25) is 9.59 Å². The van der Waals surface area contributed by atoms with Crippen molar-refractivity contribution in [2.45, 2.75) is 24.9 Å². The van der Waals surface area contributed by atoms with E-state index in [-0.39, 0.29) is 23.9 Å². The third-order valence-electron chi connectivity index (χ3n) is 4.37. The molecule has 2 amide bonds. The lowest BCUT2D eigenvalue weighted by Gasteiger charge is -2.24. The Labute approximate surface area is 126 Å². The molecule has 2 aromatic heterocycles. The Balaban J connectivity index is 1.61. The third-order valence-corrected chi connectivity index (χ3v) is 5.04. The summed E-state index contributed by atoms with van der Waals surface area (Å²) in [4.78, 5) is 31.5. The first kappa shape index (κ1) is 12.6. The zero-order valence-electron chi connectivity index (χ0n) is 11.4. The highest BCUT2D eigenvalue weighted by Gasteiger charge is 2.49. The van der Waals surface area contributed by atoms with Gasteiger partial charge in [-0.15, -0.1) is 0 Å². The summed E-state index contributed by atoms with van der Waals surface area (Å²) in [5.74, 6) is 0.111. The van der Waals surface area contributed by atoms with E-state index in [1.807, 2.05) is 32.7 Å². The quantitative estimate of drug-likeness (QED) is 0.923. The number of carbonyl (C=O) groups excluding carboxylic acids is 2. The molecule has 0 saturated carbocycles. The van der Waals surface area contributed by atoms with Crippen molar-refractivity contribution in [3.05, 3.63) is 40.8 Å². The van der Waals surface area contributed by atoms with Crippen LogP contribution in [0.2, 0.25) is 0 Å². The molecule has 2 atom stereocenters. The standard InChI is InChI=1S/C15H15N3O2S/c19-14-8-13-12(18(14)10-4-7-21-9-10)3-6-17(13)15(20)11-2-1-5-16-11/h1-2,4-5,7,9,12-13,16H,3,6,8H2/t12-,13-/m1/s1. The van der Waals surface area contributed by atoms with Crippen LogP contribution in [-0.2, 0) is 4.79 Å². The molecule has 0 aromatic carbocycles. The van der Waals surface area contributed by atoms with Gasteiger partial charge in [0, 0.05) is 24.5 Å². The summed E-state index contributed by atoms with van der Waals surface area (Å²) < 4.78 is 0. The number of nitrogens with zero attached hydrogens (tertiary/aromatic N) is 2. The lowest BCUT2D eigenvalue weighted by Crippen LogP contribution is -2.40. The summed E-state index contributed by atoms with van der Waals surface area (Å²) in [6.07, 6.45) is 3.02. The Morgan fingerprint density at radius 3 is 2.95 bits per heavy atom. The van der Waals surface area contributed by atoms with Crippen LogP contribution in [0.4, 0.5) is 5.69 Å². The highest BCUT2D eigenvalue weighted by molar-refractivity contribution is 7.08. The molecular weight excluding hydrogens is 286 g/mol. The van der Waals surface area contributed by atoms with Gasteiger partial charge in [-0.05, 0) is 30.0 Å². The second-order valence-electron chi connectivity index (χ2n) is 5.46. The number of hydrogen-bond acceptors (Lipinski definition) is 3. The summed E-state index contributed by atoms with van der Waals surface area (Å²) in [6.45, 7) is 0.709. The molecule has 6 heteroatoms. The van der Waals surface area contributed by atoms with Crippen LogP contribution in [0, 0.1) is 0 Å². The van der Waals surface area contributed by atoms with E-state index in [2.05, 4.69) is 4.98 Å². The molecule has 4 heterocycles. The SMILES string of the molecule is O=C(c1ccc[nH]1)N1CC[C@@H]2[C@H]1CC(=O)N2c1ccsc1. The topological polar surface area (TPSA) is 56.4 Å². The number of likely N-dealkylation sites (tertiary alicyclic amines) is 1. The van der Waals surface area contributed by atoms with Gasteiger partial charge in [-0.2, -0.15) is 11.3 Å². The van der Waals surface area contributed by atoms with Crippen LogP contribution in [0.1, 0.15) is 23.3 Å². The van der Waals surface area contributed by atoms with Crippen LogP contribution in [0.25, 0.3) is 0 Å². The average molecular weight is 301 g/mol. The van der Waals surface area contributed by atoms with Crippen molar-refractivity contribution in [3.8, 4) is 0 Å². The molecule has 0 radical (unpaired) electrons. The largest absolute Gasteiger partial charge is 0.357 e. The Kier molecular flexibility index (Phi) is 2.85. The Morgan fingerprint density at radius 2 is 2.24 bits per heavy atom. The fourth-order valence-electron chi connectivity index (χ4n) is 3.45. The highest BCUT2D eigenvalue weighted by atomic mass is 32.1. The minimum atomic E-state index is -0.00697. The fraction of sp³-hybridized carbons (Fsp3) is 0.333. The van der Waals surface area contributed by atoms with E-state index in [0.717, 1.165) is 12.1 Å². The number of anilines is 1. The smallest absolute Gasteiger partial charge is 0.270 e. The zero-order chi connectivity index (χ0) is 14.4. The summed E-state index contributed by atoms with van der Waals surface area (Å²) in [5, 5.41) is 3.97. The van der Waals surface area contributed by atoms with Gasteiger partial charge in [-0.1, -0.05) is 0 Å². The van der Waals surface area contributed by atoms with E-state index in [0.29, 0.717) is 18.7 Å².